The van der Waals surface area contributed by atoms with E-state index in [0.29, 0.717) is 30.3 Å². The van der Waals surface area contributed by atoms with E-state index in [1.54, 1.807) is 12.1 Å². The molecule has 5 nitrogen and oxygen atoms in total. The Morgan fingerprint density at radius 1 is 1.28 bits per heavy atom. The van der Waals surface area contributed by atoms with Gasteiger partial charge in [-0.25, -0.2) is 0 Å². The van der Waals surface area contributed by atoms with Crippen LogP contribution in [0.5, 0.6) is 17.2 Å². The summed E-state index contributed by atoms with van der Waals surface area (Å²) in [7, 11) is 0. The van der Waals surface area contributed by atoms with Crippen LogP contribution in [0.25, 0.3) is 0 Å². The molecule has 2 aliphatic rings. The number of ether oxygens (including phenoxy) is 2. The lowest BCUT2D eigenvalue weighted by Crippen LogP contribution is -2.20. The molecular weight excluding hydrogens is 236 g/mol. The number of rotatable bonds is 3. The Morgan fingerprint density at radius 3 is 2.67 bits per heavy atom. The third-order valence-electron chi connectivity index (χ3n) is 3.56. The molecule has 1 aromatic carbocycles. The van der Waals surface area contributed by atoms with Gasteiger partial charge in [0, 0.05) is 11.0 Å². The first-order valence-corrected chi connectivity index (χ1v) is 5.96. The second-order valence-electron chi connectivity index (χ2n) is 4.83. The largest absolute Gasteiger partial charge is 0.508 e. The number of aromatic hydroxyl groups is 1. The SMILES string of the molecule is O=C(O)CC1(c2c(O)ccc3c2OCCO3)CC1. The summed E-state index contributed by atoms with van der Waals surface area (Å²) in [5.74, 6) is 0.338. The van der Waals surface area contributed by atoms with Gasteiger partial charge in [-0.15, -0.1) is 0 Å². The normalized spacial score (nSPS) is 19.3. The van der Waals surface area contributed by atoms with Gasteiger partial charge in [0.15, 0.2) is 11.5 Å². The number of hydrogen-bond acceptors (Lipinski definition) is 4. The number of benzene rings is 1. The summed E-state index contributed by atoms with van der Waals surface area (Å²) in [6, 6.07) is 3.20. The van der Waals surface area contributed by atoms with E-state index in [-0.39, 0.29) is 12.2 Å². The summed E-state index contributed by atoms with van der Waals surface area (Å²) in [6.07, 6.45) is 1.53. The third-order valence-corrected chi connectivity index (χ3v) is 3.56. The predicted molar refractivity (Wildman–Crippen MR) is 62.3 cm³/mol. The van der Waals surface area contributed by atoms with Crippen molar-refractivity contribution in [3.05, 3.63) is 17.7 Å². The van der Waals surface area contributed by atoms with Crippen LogP contribution in [0.15, 0.2) is 12.1 Å². The molecule has 1 fully saturated rings. The summed E-state index contributed by atoms with van der Waals surface area (Å²) >= 11 is 0. The smallest absolute Gasteiger partial charge is 0.304 e. The molecule has 1 aromatic rings. The minimum atomic E-state index is -0.860. The van der Waals surface area contributed by atoms with Gasteiger partial charge in [0.1, 0.15) is 19.0 Å². The van der Waals surface area contributed by atoms with Gasteiger partial charge in [-0.1, -0.05) is 0 Å². The first-order valence-electron chi connectivity index (χ1n) is 5.96. The van der Waals surface area contributed by atoms with Gasteiger partial charge in [-0.3, -0.25) is 4.79 Å². The van der Waals surface area contributed by atoms with E-state index >= 15 is 0 Å². The second kappa shape index (κ2) is 3.80. The van der Waals surface area contributed by atoms with E-state index in [4.69, 9.17) is 14.6 Å². The zero-order valence-electron chi connectivity index (χ0n) is 9.81. The minimum absolute atomic E-state index is 0.0143. The molecule has 1 saturated carbocycles. The van der Waals surface area contributed by atoms with Crippen molar-refractivity contribution < 1.29 is 24.5 Å². The number of phenolic OH excluding ortho intramolecular Hbond substituents is 1. The summed E-state index contributed by atoms with van der Waals surface area (Å²) in [5, 5.41) is 19.0. The molecule has 5 heteroatoms. The minimum Gasteiger partial charge on any atom is -0.508 e. The van der Waals surface area contributed by atoms with Crippen molar-refractivity contribution in [2.45, 2.75) is 24.7 Å². The molecule has 0 unspecified atom stereocenters. The maximum atomic E-state index is 11.0. The monoisotopic (exact) mass is 250 g/mol. The fourth-order valence-electron chi connectivity index (χ4n) is 2.57. The Morgan fingerprint density at radius 2 is 2.00 bits per heavy atom. The molecule has 0 aromatic heterocycles. The average Bonchev–Trinajstić information content (AvgIpc) is 3.08. The number of carboxylic acids is 1. The van der Waals surface area contributed by atoms with Gasteiger partial charge in [-0.05, 0) is 25.0 Å². The molecule has 2 N–H and O–H groups in total. The number of hydrogen-bond donors (Lipinski definition) is 2. The molecule has 0 radical (unpaired) electrons. The summed E-state index contributed by atoms with van der Waals surface area (Å²) in [6.45, 7) is 0.899. The van der Waals surface area contributed by atoms with Crippen molar-refractivity contribution >= 4 is 5.97 Å². The Labute approximate surface area is 104 Å². The molecule has 3 rings (SSSR count). The quantitative estimate of drug-likeness (QED) is 0.853. The van der Waals surface area contributed by atoms with Crippen LogP contribution < -0.4 is 9.47 Å². The molecule has 1 aliphatic carbocycles. The average molecular weight is 250 g/mol. The molecular formula is C13H14O5. The zero-order chi connectivity index (χ0) is 12.8. The lowest BCUT2D eigenvalue weighted by atomic mass is 9.90. The van der Waals surface area contributed by atoms with E-state index in [2.05, 4.69) is 0 Å². The summed E-state index contributed by atoms with van der Waals surface area (Å²) in [5.41, 5.74) is 0.115. The van der Waals surface area contributed by atoms with Gasteiger partial charge >= 0.3 is 5.97 Å². The van der Waals surface area contributed by atoms with Gasteiger partial charge in [0.2, 0.25) is 0 Å². The Balaban J connectivity index is 2.08. The predicted octanol–water partition coefficient (Wildman–Crippen LogP) is 1.67. The maximum Gasteiger partial charge on any atom is 0.304 e. The van der Waals surface area contributed by atoms with Crippen LogP contribution in [0.1, 0.15) is 24.8 Å². The molecule has 1 heterocycles. The highest BCUT2D eigenvalue weighted by Gasteiger charge is 2.50. The van der Waals surface area contributed by atoms with Crippen LogP contribution >= 0.6 is 0 Å². The number of aliphatic carboxylic acids is 1. The molecule has 1 aliphatic heterocycles. The Bertz CT molecular complexity index is 504. The Hall–Kier alpha value is -1.91. The second-order valence-corrected chi connectivity index (χ2v) is 4.83. The lowest BCUT2D eigenvalue weighted by Gasteiger charge is -2.25. The van der Waals surface area contributed by atoms with Crippen molar-refractivity contribution in [3.63, 3.8) is 0 Å². The highest BCUT2D eigenvalue weighted by Crippen LogP contribution is 2.58. The van der Waals surface area contributed by atoms with Crippen LogP contribution in [0.2, 0.25) is 0 Å². The molecule has 0 spiro atoms. The zero-order valence-corrected chi connectivity index (χ0v) is 9.81. The summed E-state index contributed by atoms with van der Waals surface area (Å²) in [4.78, 5) is 11.0. The van der Waals surface area contributed by atoms with E-state index < -0.39 is 11.4 Å². The van der Waals surface area contributed by atoms with Crippen LogP contribution in [0.3, 0.4) is 0 Å². The topological polar surface area (TPSA) is 76.0 Å². The van der Waals surface area contributed by atoms with Gasteiger partial charge in [-0.2, -0.15) is 0 Å². The maximum absolute atomic E-state index is 11.0. The first kappa shape index (κ1) is 11.2. The summed E-state index contributed by atoms with van der Waals surface area (Å²) < 4.78 is 11.0. The van der Waals surface area contributed by atoms with Crippen molar-refractivity contribution in [2.24, 2.45) is 0 Å². The van der Waals surface area contributed by atoms with Crippen molar-refractivity contribution in [1.82, 2.24) is 0 Å². The Kier molecular flexibility index (Phi) is 2.36. The van der Waals surface area contributed by atoms with E-state index in [9.17, 15) is 9.90 Å². The van der Waals surface area contributed by atoms with E-state index in [0.717, 1.165) is 12.8 Å². The first-order chi connectivity index (χ1) is 8.62. The van der Waals surface area contributed by atoms with Crippen LogP contribution in [-0.4, -0.2) is 29.4 Å². The van der Waals surface area contributed by atoms with Crippen molar-refractivity contribution in [3.8, 4) is 17.2 Å². The van der Waals surface area contributed by atoms with Gasteiger partial charge in [0.05, 0.1) is 6.42 Å². The van der Waals surface area contributed by atoms with Crippen LogP contribution in [-0.2, 0) is 10.2 Å². The van der Waals surface area contributed by atoms with Crippen LogP contribution in [0, 0.1) is 0 Å². The van der Waals surface area contributed by atoms with E-state index in [1.807, 2.05) is 0 Å². The van der Waals surface area contributed by atoms with Crippen LogP contribution in [0.4, 0.5) is 0 Å². The van der Waals surface area contributed by atoms with Crippen molar-refractivity contribution in [1.29, 1.82) is 0 Å². The highest BCUT2D eigenvalue weighted by atomic mass is 16.6. The molecule has 0 bridgehead atoms. The number of phenols is 1. The van der Waals surface area contributed by atoms with Gasteiger partial charge < -0.3 is 19.7 Å². The number of carboxylic acid groups (broad SMARTS) is 1. The third kappa shape index (κ3) is 1.66. The molecule has 0 amide bonds. The standard InChI is InChI=1S/C13H14O5/c14-8-1-2-9-12(18-6-5-17-9)11(8)13(3-4-13)7-10(15)16/h1-2,14H,3-7H2,(H,15,16). The number of carbonyl (C=O) groups is 1. The van der Waals surface area contributed by atoms with Gasteiger partial charge in [0.25, 0.3) is 0 Å². The molecule has 96 valence electrons. The highest BCUT2D eigenvalue weighted by molar-refractivity contribution is 5.72. The number of fused-ring (bicyclic) bond motifs is 1. The van der Waals surface area contributed by atoms with E-state index in [1.165, 1.54) is 0 Å². The molecule has 0 atom stereocenters. The lowest BCUT2D eigenvalue weighted by molar-refractivity contribution is -0.137. The fourth-order valence-corrected chi connectivity index (χ4v) is 2.57. The fraction of sp³-hybridized carbons (Fsp3) is 0.462. The molecule has 18 heavy (non-hydrogen) atoms. The van der Waals surface area contributed by atoms with Crippen molar-refractivity contribution in [2.75, 3.05) is 13.2 Å². The molecule has 0 saturated heterocycles.